The summed E-state index contributed by atoms with van der Waals surface area (Å²) in [6.07, 6.45) is 3.19. The van der Waals surface area contributed by atoms with Crippen molar-refractivity contribution in [1.29, 1.82) is 0 Å². The minimum absolute atomic E-state index is 0.0688. The minimum Gasteiger partial charge on any atom is -0.320 e. The van der Waals surface area contributed by atoms with E-state index in [9.17, 15) is 22.0 Å². The number of likely N-dealkylation sites (tertiary alicyclic amines) is 1. The minimum atomic E-state index is -3.26. The molecule has 29 heavy (non-hydrogen) atoms. The van der Waals surface area contributed by atoms with Gasteiger partial charge in [0.2, 0.25) is 0 Å². The quantitative estimate of drug-likeness (QED) is 0.563. The van der Waals surface area contributed by atoms with Gasteiger partial charge in [0.1, 0.15) is 12.3 Å². The van der Waals surface area contributed by atoms with Crippen LogP contribution in [0.4, 0.5) is 13.6 Å². The maximum Gasteiger partial charge on any atom is 0.340 e. The fourth-order valence-electron chi connectivity index (χ4n) is 5.12. The van der Waals surface area contributed by atoms with E-state index in [1.807, 2.05) is 0 Å². The fourth-order valence-corrected chi connectivity index (χ4v) is 7.90. The summed E-state index contributed by atoms with van der Waals surface area (Å²) in [6.45, 7) is 0.354. The maximum absolute atomic E-state index is 13.8. The number of hydrogen-bond donors (Lipinski definition) is 0. The molecule has 0 bridgehead atoms. The molecule has 3 fully saturated rings. The first kappa shape index (κ1) is 21.5. The Balaban J connectivity index is 1.34. The van der Waals surface area contributed by atoms with Gasteiger partial charge in [-0.3, -0.25) is 0 Å². The van der Waals surface area contributed by atoms with Gasteiger partial charge in [0.05, 0.1) is 16.5 Å². The highest BCUT2D eigenvalue weighted by molar-refractivity contribution is 9.09. The molecule has 4 rings (SSSR count). The van der Waals surface area contributed by atoms with Crippen LogP contribution in [0.1, 0.15) is 51.4 Å². The molecule has 1 saturated heterocycles. The molecule has 2 aliphatic carbocycles. The highest BCUT2D eigenvalue weighted by atomic mass is 79.9. The van der Waals surface area contributed by atoms with Crippen LogP contribution in [-0.2, 0) is 9.84 Å². The Labute approximate surface area is 179 Å². The second-order valence-corrected chi connectivity index (χ2v) is 12.7. The van der Waals surface area contributed by atoms with Crippen LogP contribution in [0, 0.1) is 5.92 Å². The smallest absolute Gasteiger partial charge is 0.320 e. The van der Waals surface area contributed by atoms with Crippen LogP contribution in [-0.4, -0.2) is 77.4 Å². The molecule has 2 aliphatic heterocycles. The fraction of sp³-hybridized carbons (Fsp3) is 0.895. The second-order valence-electron chi connectivity index (χ2n) is 8.88. The molecule has 2 unspecified atom stereocenters. The maximum atomic E-state index is 13.8. The average molecular weight is 496 g/mol. The normalized spacial score (nSPS) is 38.9. The number of amides is 2. The van der Waals surface area contributed by atoms with Crippen molar-refractivity contribution in [3.8, 4) is 0 Å². The van der Waals surface area contributed by atoms with E-state index in [0.29, 0.717) is 24.1 Å². The summed E-state index contributed by atoms with van der Waals surface area (Å²) in [6, 6.07) is -0.695. The largest absolute Gasteiger partial charge is 0.340 e. The van der Waals surface area contributed by atoms with E-state index >= 15 is 0 Å². The van der Waals surface area contributed by atoms with Gasteiger partial charge in [0.15, 0.2) is 9.84 Å². The average Bonchev–Trinajstić information content (AvgIpc) is 3.09. The number of urea groups is 1. The Morgan fingerprint density at radius 2 is 1.62 bits per heavy atom. The van der Waals surface area contributed by atoms with Crippen LogP contribution in [0.15, 0.2) is 5.10 Å². The first-order valence-corrected chi connectivity index (χ1v) is 13.0. The van der Waals surface area contributed by atoms with Crippen molar-refractivity contribution >= 4 is 38.0 Å². The Morgan fingerprint density at radius 1 is 1.00 bits per heavy atom. The lowest BCUT2D eigenvalue weighted by atomic mass is 9.81. The van der Waals surface area contributed by atoms with E-state index < -0.39 is 27.4 Å². The van der Waals surface area contributed by atoms with Gasteiger partial charge in [-0.1, -0.05) is 15.9 Å². The molecule has 0 aromatic rings. The lowest BCUT2D eigenvalue weighted by Gasteiger charge is -2.43. The van der Waals surface area contributed by atoms with Crippen LogP contribution in [0.25, 0.3) is 0 Å². The monoisotopic (exact) mass is 495 g/mol. The van der Waals surface area contributed by atoms with Crippen molar-refractivity contribution in [3.05, 3.63) is 0 Å². The number of alkyl halides is 3. The molecule has 0 aromatic heterocycles. The third kappa shape index (κ3) is 4.34. The number of hydrogen-bond acceptors (Lipinski definition) is 4. The summed E-state index contributed by atoms with van der Waals surface area (Å²) in [5, 5.41) is 4.64. The zero-order valence-corrected chi connectivity index (χ0v) is 18.7. The molecule has 4 aliphatic rings. The zero-order chi connectivity index (χ0) is 20.8. The first-order chi connectivity index (χ1) is 13.8. The van der Waals surface area contributed by atoms with Gasteiger partial charge in [-0.2, -0.15) is 5.10 Å². The van der Waals surface area contributed by atoms with Gasteiger partial charge < -0.3 is 4.90 Å². The predicted octanol–water partition coefficient (Wildman–Crippen LogP) is 3.45. The first-order valence-electron chi connectivity index (χ1n) is 10.5. The van der Waals surface area contributed by atoms with Crippen LogP contribution in [0.2, 0.25) is 0 Å². The van der Waals surface area contributed by atoms with Gasteiger partial charge in [-0.05, 0) is 44.4 Å². The van der Waals surface area contributed by atoms with Crippen molar-refractivity contribution < 1.29 is 22.0 Å². The van der Waals surface area contributed by atoms with E-state index in [1.54, 1.807) is 6.21 Å². The molecule has 0 aromatic carbocycles. The van der Waals surface area contributed by atoms with E-state index in [0.717, 1.165) is 12.8 Å². The van der Waals surface area contributed by atoms with Crippen molar-refractivity contribution in [1.82, 2.24) is 9.91 Å². The lowest BCUT2D eigenvalue weighted by molar-refractivity contribution is 0.0573. The Hall–Kier alpha value is -0.770. The third-order valence-electron chi connectivity index (χ3n) is 6.89. The number of sulfone groups is 1. The Bertz CT molecular complexity index is 744. The number of carbonyl (C=O) groups is 1. The zero-order valence-electron chi connectivity index (χ0n) is 16.3. The molecule has 0 radical (unpaired) electrons. The van der Waals surface area contributed by atoms with Crippen LogP contribution >= 0.6 is 15.9 Å². The van der Waals surface area contributed by atoms with Crippen molar-refractivity contribution in [2.24, 2.45) is 11.0 Å². The van der Waals surface area contributed by atoms with Crippen LogP contribution in [0.5, 0.6) is 0 Å². The molecule has 10 heteroatoms. The molecule has 2 heterocycles. The van der Waals surface area contributed by atoms with Crippen molar-refractivity contribution in [3.63, 3.8) is 0 Å². The number of carbonyl (C=O) groups excluding carboxylic acids is 1. The topological polar surface area (TPSA) is 70.1 Å². The van der Waals surface area contributed by atoms with Gasteiger partial charge in [0.25, 0.3) is 0 Å². The number of halogens is 3. The SMILES string of the molecule is O=C(N1CC(S(=O)(=O)C2CCC(Br)CC2)C1)N1N=CC[C@H]1C1CC(F)CC(F)C1. The number of rotatable bonds is 3. The van der Waals surface area contributed by atoms with E-state index in [4.69, 9.17) is 0 Å². The number of hydrazone groups is 1. The van der Waals surface area contributed by atoms with Gasteiger partial charge >= 0.3 is 6.03 Å². The summed E-state index contributed by atoms with van der Waals surface area (Å²) in [7, 11) is -3.26. The standard InChI is InChI=1S/C19H28BrF2N3O3S/c20-13-1-3-16(4-2-13)29(27,28)17-10-24(11-17)19(26)25-18(5-6-23-25)12-7-14(21)9-15(22)8-12/h6,12-18H,1-5,7-11H2/t12?,13?,14?,15?,16?,18-/m0/s1. The molecule has 2 amide bonds. The van der Waals surface area contributed by atoms with Crippen LogP contribution < -0.4 is 0 Å². The molecule has 0 N–H and O–H groups in total. The molecular weight excluding hydrogens is 468 g/mol. The highest BCUT2D eigenvalue weighted by Gasteiger charge is 2.47. The van der Waals surface area contributed by atoms with Crippen LogP contribution in [0.3, 0.4) is 0 Å². The predicted molar refractivity (Wildman–Crippen MR) is 111 cm³/mol. The summed E-state index contributed by atoms with van der Waals surface area (Å²) in [5.41, 5.74) is 0. The second kappa shape index (κ2) is 8.40. The van der Waals surface area contributed by atoms with E-state index in [2.05, 4.69) is 21.0 Å². The lowest BCUT2D eigenvalue weighted by Crippen LogP contribution is -2.62. The molecule has 0 spiro atoms. The summed E-state index contributed by atoms with van der Waals surface area (Å²) in [5.74, 6) is -0.263. The highest BCUT2D eigenvalue weighted by Crippen LogP contribution is 2.37. The van der Waals surface area contributed by atoms with Gasteiger partial charge in [-0.25, -0.2) is 27.0 Å². The molecule has 6 nitrogen and oxygen atoms in total. The summed E-state index contributed by atoms with van der Waals surface area (Å²) < 4.78 is 53.4. The summed E-state index contributed by atoms with van der Waals surface area (Å²) >= 11 is 3.55. The molecule has 164 valence electrons. The molecular formula is C19H28BrF2N3O3S. The molecule has 2 saturated carbocycles. The van der Waals surface area contributed by atoms with E-state index in [-0.39, 0.29) is 55.6 Å². The third-order valence-corrected chi connectivity index (χ3v) is 10.4. The van der Waals surface area contributed by atoms with Gasteiger partial charge in [0, 0.05) is 37.0 Å². The Kier molecular flexibility index (Phi) is 6.22. The van der Waals surface area contributed by atoms with E-state index in [1.165, 1.54) is 9.91 Å². The molecule has 3 atom stereocenters. The van der Waals surface area contributed by atoms with Crippen molar-refractivity contribution in [2.75, 3.05) is 13.1 Å². The number of nitrogens with zero attached hydrogens (tertiary/aromatic N) is 3. The Morgan fingerprint density at radius 3 is 2.24 bits per heavy atom. The van der Waals surface area contributed by atoms with Gasteiger partial charge in [-0.15, -0.1) is 0 Å². The van der Waals surface area contributed by atoms with Crippen molar-refractivity contribution in [2.45, 2.75) is 85.1 Å². The summed E-state index contributed by atoms with van der Waals surface area (Å²) in [4.78, 5) is 14.8.